The highest BCUT2D eigenvalue weighted by Crippen LogP contribution is 2.25. The molecule has 0 saturated heterocycles. The summed E-state index contributed by atoms with van der Waals surface area (Å²) in [5.41, 5.74) is 2.26. The highest BCUT2D eigenvalue weighted by Gasteiger charge is 2.17. The lowest BCUT2D eigenvalue weighted by molar-refractivity contribution is -0.115. The van der Waals surface area contributed by atoms with Gasteiger partial charge in [0.05, 0.1) is 12.1 Å². The second-order valence-corrected chi connectivity index (χ2v) is 8.60. The highest BCUT2D eigenvalue weighted by molar-refractivity contribution is 9.10. The molecule has 2 rings (SSSR count). The molecule has 0 aliphatic rings. The van der Waals surface area contributed by atoms with Crippen molar-refractivity contribution in [1.82, 2.24) is 9.88 Å². The third-order valence-electron chi connectivity index (χ3n) is 3.86. The minimum atomic E-state index is -0.403. The number of carbonyl (C=O) groups is 1. The number of nitrogens with zero attached hydrogens (tertiary/aromatic N) is 2. The molecule has 0 saturated carbocycles. The van der Waals surface area contributed by atoms with Crippen LogP contribution in [0.1, 0.15) is 37.6 Å². The first-order valence-electron chi connectivity index (χ1n) is 8.44. The van der Waals surface area contributed by atoms with E-state index in [1.165, 1.54) is 6.07 Å². The molecule has 0 unspecified atom stereocenters. The van der Waals surface area contributed by atoms with Crippen LogP contribution < -0.4 is 5.32 Å². The van der Waals surface area contributed by atoms with Crippen LogP contribution in [-0.2, 0) is 23.2 Å². The Morgan fingerprint density at radius 2 is 1.92 bits per heavy atom. The number of halogens is 2. The number of anilines is 1. The van der Waals surface area contributed by atoms with Crippen LogP contribution in [0.4, 0.5) is 10.2 Å². The van der Waals surface area contributed by atoms with Gasteiger partial charge in [-0.1, -0.05) is 42.8 Å². The summed E-state index contributed by atoms with van der Waals surface area (Å²) in [7, 11) is 3.94. The normalized spacial score (nSPS) is 11.7. The molecule has 0 aliphatic carbocycles. The zero-order valence-corrected chi connectivity index (χ0v) is 17.4. The van der Waals surface area contributed by atoms with Gasteiger partial charge >= 0.3 is 0 Å². The van der Waals surface area contributed by atoms with Gasteiger partial charge in [-0.05, 0) is 54.9 Å². The average molecular weight is 422 g/mol. The topological polar surface area (TPSA) is 45.2 Å². The van der Waals surface area contributed by atoms with Gasteiger partial charge in [0.2, 0.25) is 5.91 Å². The van der Waals surface area contributed by atoms with Gasteiger partial charge in [-0.25, -0.2) is 9.37 Å². The van der Waals surface area contributed by atoms with E-state index in [0.717, 1.165) is 11.3 Å². The van der Waals surface area contributed by atoms with E-state index < -0.39 is 5.82 Å². The Hall–Kier alpha value is -1.79. The van der Waals surface area contributed by atoms with Crippen LogP contribution in [0.15, 0.2) is 34.8 Å². The molecule has 1 aromatic heterocycles. The van der Waals surface area contributed by atoms with Crippen LogP contribution >= 0.6 is 15.9 Å². The van der Waals surface area contributed by atoms with E-state index in [9.17, 15) is 9.18 Å². The van der Waals surface area contributed by atoms with Gasteiger partial charge in [0.1, 0.15) is 11.6 Å². The fourth-order valence-electron chi connectivity index (χ4n) is 2.51. The molecule has 26 heavy (non-hydrogen) atoms. The molecule has 2 aromatic rings. The lowest BCUT2D eigenvalue weighted by Gasteiger charge is -2.22. The Labute approximate surface area is 162 Å². The number of pyridine rings is 1. The molecule has 0 radical (unpaired) electrons. The molecule has 6 heteroatoms. The summed E-state index contributed by atoms with van der Waals surface area (Å²) < 4.78 is 14.6. The van der Waals surface area contributed by atoms with Crippen molar-refractivity contribution in [2.45, 2.75) is 39.2 Å². The van der Waals surface area contributed by atoms with Gasteiger partial charge in [-0.15, -0.1) is 0 Å². The van der Waals surface area contributed by atoms with Crippen LogP contribution in [0, 0.1) is 5.82 Å². The number of rotatable bonds is 5. The molecule has 1 heterocycles. The summed E-state index contributed by atoms with van der Waals surface area (Å²) in [5.74, 6) is -0.198. The summed E-state index contributed by atoms with van der Waals surface area (Å²) in [4.78, 5) is 18.9. The smallest absolute Gasteiger partial charge is 0.230 e. The minimum Gasteiger partial charge on any atom is -0.310 e. The van der Waals surface area contributed by atoms with Crippen LogP contribution in [-0.4, -0.2) is 29.9 Å². The Morgan fingerprint density at radius 1 is 1.23 bits per heavy atom. The largest absolute Gasteiger partial charge is 0.310 e. The predicted molar refractivity (Wildman–Crippen MR) is 107 cm³/mol. The first kappa shape index (κ1) is 20.5. The van der Waals surface area contributed by atoms with E-state index in [2.05, 4.69) is 53.1 Å². The van der Waals surface area contributed by atoms with Gasteiger partial charge in [0.25, 0.3) is 0 Å². The third kappa shape index (κ3) is 5.88. The fraction of sp³-hybridized carbons (Fsp3) is 0.400. The maximum Gasteiger partial charge on any atom is 0.230 e. The number of amides is 1. The van der Waals surface area contributed by atoms with Gasteiger partial charge in [0, 0.05) is 11.0 Å². The van der Waals surface area contributed by atoms with Crippen LogP contribution in [0.2, 0.25) is 0 Å². The summed E-state index contributed by atoms with van der Waals surface area (Å²) in [6.45, 7) is 7.02. The van der Waals surface area contributed by atoms with E-state index in [-0.39, 0.29) is 17.7 Å². The zero-order chi connectivity index (χ0) is 19.5. The highest BCUT2D eigenvalue weighted by atomic mass is 79.9. The molecule has 4 nitrogen and oxygen atoms in total. The average Bonchev–Trinajstić information content (AvgIpc) is 2.48. The van der Waals surface area contributed by atoms with Crippen LogP contribution in [0.5, 0.6) is 0 Å². The number of hydrogen-bond donors (Lipinski definition) is 1. The van der Waals surface area contributed by atoms with Gasteiger partial charge in [0.15, 0.2) is 0 Å². The van der Waals surface area contributed by atoms with Gasteiger partial charge in [-0.2, -0.15) is 0 Å². The van der Waals surface area contributed by atoms with E-state index in [1.807, 2.05) is 25.1 Å². The molecule has 0 spiro atoms. The number of aromatic nitrogens is 1. The van der Waals surface area contributed by atoms with Crippen molar-refractivity contribution < 1.29 is 9.18 Å². The number of carbonyl (C=O) groups excluding carboxylic acids is 1. The SMILES string of the molecule is CN(C)Cc1cc(C(C)(C)C)cc(NC(=O)Cc2ccc(Br)cc2F)n1. The molecule has 0 aliphatic heterocycles. The molecule has 0 bridgehead atoms. The zero-order valence-electron chi connectivity index (χ0n) is 15.9. The summed E-state index contributed by atoms with van der Waals surface area (Å²) in [6, 6.07) is 8.63. The number of nitrogens with one attached hydrogen (secondary N) is 1. The van der Waals surface area contributed by atoms with Crippen LogP contribution in [0.3, 0.4) is 0 Å². The van der Waals surface area contributed by atoms with E-state index in [0.29, 0.717) is 22.4 Å². The molecule has 0 fully saturated rings. The third-order valence-corrected chi connectivity index (χ3v) is 4.35. The number of hydrogen-bond acceptors (Lipinski definition) is 3. The van der Waals surface area contributed by atoms with E-state index in [1.54, 1.807) is 12.1 Å². The van der Waals surface area contributed by atoms with Crippen LogP contribution in [0.25, 0.3) is 0 Å². The first-order chi connectivity index (χ1) is 12.0. The molecular weight excluding hydrogens is 397 g/mol. The van der Waals surface area contributed by atoms with Crippen molar-refractivity contribution in [3.05, 3.63) is 57.4 Å². The maximum atomic E-state index is 13.9. The van der Waals surface area contributed by atoms with Crippen molar-refractivity contribution in [1.29, 1.82) is 0 Å². The molecule has 140 valence electrons. The number of benzene rings is 1. The van der Waals surface area contributed by atoms with Crippen molar-refractivity contribution in [3.8, 4) is 0 Å². The Morgan fingerprint density at radius 3 is 2.50 bits per heavy atom. The lowest BCUT2D eigenvalue weighted by atomic mass is 9.87. The molecular formula is C20H25BrFN3O. The second kappa shape index (κ2) is 8.27. The van der Waals surface area contributed by atoms with Gasteiger partial charge < -0.3 is 10.2 Å². The van der Waals surface area contributed by atoms with E-state index >= 15 is 0 Å². The molecule has 1 N–H and O–H groups in total. The Kier molecular flexibility index (Phi) is 6.53. The standard InChI is InChI=1S/C20H25BrFN3O/c1-20(2,3)14-9-16(12-25(4)5)23-18(10-14)24-19(26)8-13-6-7-15(21)11-17(13)22/h6-7,9-11H,8,12H2,1-5H3,(H,23,24,26). The van der Waals surface area contributed by atoms with Crippen molar-refractivity contribution >= 4 is 27.7 Å². The van der Waals surface area contributed by atoms with Crippen molar-refractivity contribution in [2.75, 3.05) is 19.4 Å². The summed E-state index contributed by atoms with van der Waals surface area (Å²) in [5, 5.41) is 2.81. The monoisotopic (exact) mass is 421 g/mol. The fourth-order valence-corrected chi connectivity index (χ4v) is 2.85. The van der Waals surface area contributed by atoms with Crippen molar-refractivity contribution in [2.24, 2.45) is 0 Å². The minimum absolute atomic E-state index is 0.0381. The molecule has 1 aromatic carbocycles. The second-order valence-electron chi connectivity index (χ2n) is 7.68. The first-order valence-corrected chi connectivity index (χ1v) is 9.24. The lowest BCUT2D eigenvalue weighted by Crippen LogP contribution is -2.20. The predicted octanol–water partition coefficient (Wildman–Crippen LogP) is 4.52. The molecule has 1 amide bonds. The Bertz CT molecular complexity index is 800. The quantitative estimate of drug-likeness (QED) is 0.771. The Balaban J connectivity index is 2.22. The van der Waals surface area contributed by atoms with Gasteiger partial charge in [-0.3, -0.25) is 4.79 Å². The summed E-state index contributed by atoms with van der Waals surface area (Å²) in [6.07, 6.45) is -0.0381. The maximum absolute atomic E-state index is 13.9. The van der Waals surface area contributed by atoms with E-state index in [4.69, 9.17) is 0 Å². The summed E-state index contributed by atoms with van der Waals surface area (Å²) >= 11 is 3.22. The molecule has 0 atom stereocenters. The van der Waals surface area contributed by atoms with Crippen molar-refractivity contribution in [3.63, 3.8) is 0 Å².